The first-order valence-electron chi connectivity index (χ1n) is 7.93. The Morgan fingerprint density at radius 2 is 1.88 bits per heavy atom. The fraction of sp³-hybridized carbons (Fsp3) is 0.235. The maximum absolute atomic E-state index is 5.77. The van der Waals surface area contributed by atoms with Gasteiger partial charge in [-0.1, -0.05) is 47.3 Å². The van der Waals surface area contributed by atoms with E-state index in [9.17, 15) is 0 Å². The molecule has 0 spiro atoms. The molecule has 1 aromatic carbocycles. The van der Waals surface area contributed by atoms with E-state index < -0.39 is 0 Å². The van der Waals surface area contributed by atoms with Crippen LogP contribution in [-0.4, -0.2) is 25.3 Å². The summed E-state index contributed by atoms with van der Waals surface area (Å²) in [7, 11) is 0. The molecule has 0 aliphatic carbocycles. The standard InChI is InChI=1S/C17H15N5O2S2/c1-9-13(26-11(3)18-9)16-20-21-17(23-16)25-10(2)15-19-14(22-24-15)12-7-5-4-6-8-12/h4-8,10H,1-3H3. The summed E-state index contributed by atoms with van der Waals surface area (Å²) in [5, 5.41) is 13.6. The van der Waals surface area contributed by atoms with Crippen LogP contribution in [-0.2, 0) is 0 Å². The van der Waals surface area contributed by atoms with Gasteiger partial charge in [0, 0.05) is 5.56 Å². The fourth-order valence-electron chi connectivity index (χ4n) is 2.39. The molecule has 3 heterocycles. The average Bonchev–Trinajstić information content (AvgIpc) is 3.35. The highest BCUT2D eigenvalue weighted by atomic mass is 32.2. The van der Waals surface area contributed by atoms with Crippen LogP contribution < -0.4 is 0 Å². The molecule has 4 rings (SSSR count). The molecule has 7 nitrogen and oxygen atoms in total. The van der Waals surface area contributed by atoms with Gasteiger partial charge in [0.15, 0.2) is 0 Å². The molecule has 0 saturated heterocycles. The molecule has 26 heavy (non-hydrogen) atoms. The summed E-state index contributed by atoms with van der Waals surface area (Å²) in [6.07, 6.45) is 0. The van der Waals surface area contributed by atoms with Crippen LogP contribution in [0.4, 0.5) is 0 Å². The second-order valence-corrected chi connectivity index (χ2v) is 8.10. The molecule has 0 radical (unpaired) electrons. The van der Waals surface area contributed by atoms with E-state index in [-0.39, 0.29) is 5.25 Å². The molecule has 0 aliphatic rings. The summed E-state index contributed by atoms with van der Waals surface area (Å²) in [6.45, 7) is 5.84. The van der Waals surface area contributed by atoms with Gasteiger partial charge in [-0.05, 0) is 20.8 Å². The van der Waals surface area contributed by atoms with Crippen molar-refractivity contribution >= 4 is 23.1 Å². The first kappa shape index (κ1) is 16.9. The minimum atomic E-state index is -0.113. The van der Waals surface area contributed by atoms with E-state index in [0.717, 1.165) is 21.1 Å². The highest BCUT2D eigenvalue weighted by Gasteiger charge is 2.21. The van der Waals surface area contributed by atoms with Crippen LogP contribution in [0.2, 0.25) is 0 Å². The van der Waals surface area contributed by atoms with E-state index in [1.807, 2.05) is 51.1 Å². The fourth-order valence-corrected chi connectivity index (χ4v) is 3.94. The molecular formula is C17H15N5O2S2. The lowest BCUT2D eigenvalue weighted by Crippen LogP contribution is -1.89. The van der Waals surface area contributed by atoms with Crippen LogP contribution >= 0.6 is 23.1 Å². The number of thiazole rings is 1. The number of aromatic nitrogens is 5. The van der Waals surface area contributed by atoms with E-state index in [0.29, 0.717) is 22.8 Å². The number of rotatable bonds is 5. The van der Waals surface area contributed by atoms with E-state index in [4.69, 9.17) is 8.94 Å². The first-order valence-corrected chi connectivity index (χ1v) is 9.63. The van der Waals surface area contributed by atoms with E-state index >= 15 is 0 Å². The van der Waals surface area contributed by atoms with Gasteiger partial charge in [0.05, 0.1) is 16.0 Å². The van der Waals surface area contributed by atoms with Crippen molar-refractivity contribution in [1.82, 2.24) is 25.3 Å². The number of hydrogen-bond acceptors (Lipinski definition) is 9. The molecule has 0 N–H and O–H groups in total. The van der Waals surface area contributed by atoms with E-state index in [2.05, 4.69) is 25.3 Å². The molecule has 0 saturated carbocycles. The molecule has 1 atom stereocenters. The predicted molar refractivity (Wildman–Crippen MR) is 98.9 cm³/mol. The summed E-state index contributed by atoms with van der Waals surface area (Å²) >= 11 is 2.92. The quantitative estimate of drug-likeness (QED) is 0.456. The maximum atomic E-state index is 5.77. The molecular weight excluding hydrogens is 370 g/mol. The molecule has 132 valence electrons. The Morgan fingerprint density at radius 1 is 1.08 bits per heavy atom. The lowest BCUT2D eigenvalue weighted by molar-refractivity contribution is 0.379. The van der Waals surface area contributed by atoms with Gasteiger partial charge in [0.1, 0.15) is 4.88 Å². The lowest BCUT2D eigenvalue weighted by atomic mass is 10.2. The zero-order valence-corrected chi connectivity index (χ0v) is 16.0. The Hall–Kier alpha value is -2.52. The average molecular weight is 385 g/mol. The highest BCUT2D eigenvalue weighted by molar-refractivity contribution is 7.99. The van der Waals surface area contributed by atoms with E-state index in [1.54, 1.807) is 0 Å². The van der Waals surface area contributed by atoms with Gasteiger partial charge in [-0.3, -0.25) is 0 Å². The first-order chi connectivity index (χ1) is 12.6. The third-order valence-corrected chi connectivity index (χ3v) is 5.59. The third-order valence-electron chi connectivity index (χ3n) is 3.60. The topological polar surface area (TPSA) is 90.7 Å². The zero-order valence-electron chi connectivity index (χ0n) is 14.3. The number of benzene rings is 1. The molecule has 4 aromatic rings. The summed E-state index contributed by atoms with van der Waals surface area (Å²) in [5.74, 6) is 1.56. The minimum Gasteiger partial charge on any atom is -0.410 e. The van der Waals surface area contributed by atoms with Crippen LogP contribution in [0.5, 0.6) is 0 Å². The molecule has 0 aliphatic heterocycles. The predicted octanol–water partition coefficient (Wildman–Crippen LogP) is 4.71. The number of aryl methyl sites for hydroxylation is 2. The van der Waals surface area contributed by atoms with Gasteiger partial charge in [0.25, 0.3) is 11.1 Å². The van der Waals surface area contributed by atoms with Crippen LogP contribution in [0.25, 0.3) is 22.2 Å². The third kappa shape index (κ3) is 3.40. The monoisotopic (exact) mass is 385 g/mol. The largest absolute Gasteiger partial charge is 0.410 e. The van der Waals surface area contributed by atoms with Crippen molar-refractivity contribution in [1.29, 1.82) is 0 Å². The Morgan fingerprint density at radius 3 is 2.62 bits per heavy atom. The smallest absolute Gasteiger partial charge is 0.277 e. The van der Waals surface area contributed by atoms with Crippen molar-refractivity contribution in [3.05, 3.63) is 46.9 Å². The zero-order chi connectivity index (χ0) is 18.1. The lowest BCUT2D eigenvalue weighted by Gasteiger charge is -2.00. The highest BCUT2D eigenvalue weighted by Crippen LogP contribution is 2.36. The minimum absolute atomic E-state index is 0.113. The second kappa shape index (κ2) is 7.00. The second-order valence-electron chi connectivity index (χ2n) is 5.60. The molecule has 0 fully saturated rings. The molecule has 9 heteroatoms. The SMILES string of the molecule is Cc1nc(C)c(-c2nnc(SC(C)c3nc(-c4ccccc4)no3)o2)s1. The van der Waals surface area contributed by atoms with Crippen LogP contribution in [0.3, 0.4) is 0 Å². The van der Waals surface area contributed by atoms with Crippen molar-refractivity contribution in [3.63, 3.8) is 0 Å². The van der Waals surface area contributed by atoms with Gasteiger partial charge in [0.2, 0.25) is 11.7 Å². The molecule has 0 bridgehead atoms. The van der Waals surface area contributed by atoms with Gasteiger partial charge < -0.3 is 8.94 Å². The molecule has 3 aromatic heterocycles. The van der Waals surface area contributed by atoms with Crippen LogP contribution in [0, 0.1) is 13.8 Å². The Balaban J connectivity index is 1.50. The Kier molecular flexibility index (Phi) is 4.56. The van der Waals surface area contributed by atoms with Crippen LogP contribution in [0.1, 0.15) is 28.8 Å². The Labute approximate surface area is 157 Å². The number of thioether (sulfide) groups is 1. The van der Waals surface area contributed by atoms with Crippen molar-refractivity contribution in [2.75, 3.05) is 0 Å². The van der Waals surface area contributed by atoms with Crippen molar-refractivity contribution in [3.8, 4) is 22.2 Å². The maximum Gasteiger partial charge on any atom is 0.277 e. The van der Waals surface area contributed by atoms with Crippen molar-refractivity contribution < 1.29 is 8.94 Å². The number of hydrogen-bond donors (Lipinski definition) is 0. The summed E-state index contributed by atoms with van der Waals surface area (Å²) < 4.78 is 11.2. The van der Waals surface area contributed by atoms with Gasteiger partial charge in [-0.25, -0.2) is 4.98 Å². The number of nitrogens with zero attached hydrogens (tertiary/aromatic N) is 5. The van der Waals surface area contributed by atoms with Crippen LogP contribution in [0.15, 0.2) is 44.5 Å². The summed E-state index contributed by atoms with van der Waals surface area (Å²) in [4.78, 5) is 9.75. The molecule has 0 amide bonds. The Bertz CT molecular complexity index is 1020. The molecule has 1 unspecified atom stereocenters. The van der Waals surface area contributed by atoms with Gasteiger partial charge >= 0.3 is 0 Å². The van der Waals surface area contributed by atoms with Crippen molar-refractivity contribution in [2.45, 2.75) is 31.2 Å². The van der Waals surface area contributed by atoms with E-state index in [1.165, 1.54) is 23.1 Å². The van der Waals surface area contributed by atoms with Gasteiger partial charge in [-0.15, -0.1) is 21.5 Å². The summed E-state index contributed by atoms with van der Waals surface area (Å²) in [6, 6.07) is 9.70. The van der Waals surface area contributed by atoms with Gasteiger partial charge in [-0.2, -0.15) is 4.98 Å². The van der Waals surface area contributed by atoms with Crippen molar-refractivity contribution in [2.24, 2.45) is 0 Å². The summed E-state index contributed by atoms with van der Waals surface area (Å²) in [5.41, 5.74) is 1.81. The normalized spacial score (nSPS) is 12.4.